The summed E-state index contributed by atoms with van der Waals surface area (Å²) < 4.78 is 0. The molecule has 0 unspecified atom stereocenters. The number of rotatable bonds is 2. The molecule has 19 heavy (non-hydrogen) atoms. The molecule has 3 rings (SSSR count). The Hall–Kier alpha value is -1.16. The van der Waals surface area contributed by atoms with Crippen LogP contribution in [0.5, 0.6) is 0 Å². The Morgan fingerprint density at radius 3 is 2.68 bits per heavy atom. The van der Waals surface area contributed by atoms with Gasteiger partial charge < -0.3 is 4.90 Å². The number of aromatic nitrogens is 2. The Kier molecular flexibility index (Phi) is 3.69. The van der Waals surface area contributed by atoms with Crippen molar-refractivity contribution in [2.24, 2.45) is 0 Å². The van der Waals surface area contributed by atoms with Crippen LogP contribution in [0.2, 0.25) is 0 Å². The number of hydrogen-bond acceptors (Lipinski definition) is 4. The molecular weight excluding hydrogens is 236 g/mol. The fourth-order valence-electron chi connectivity index (χ4n) is 3.38. The highest BCUT2D eigenvalue weighted by molar-refractivity contribution is 5.44. The molecule has 0 aromatic carbocycles. The van der Waals surface area contributed by atoms with Crippen LogP contribution >= 0.6 is 0 Å². The van der Waals surface area contributed by atoms with Crippen LogP contribution in [-0.2, 0) is 0 Å². The van der Waals surface area contributed by atoms with Gasteiger partial charge in [0.05, 0.1) is 11.4 Å². The van der Waals surface area contributed by atoms with Gasteiger partial charge in [-0.15, -0.1) is 0 Å². The van der Waals surface area contributed by atoms with Gasteiger partial charge in [0.1, 0.15) is 5.82 Å². The Labute approximate surface area is 115 Å². The summed E-state index contributed by atoms with van der Waals surface area (Å²) in [6, 6.07) is 0.720. The summed E-state index contributed by atoms with van der Waals surface area (Å²) in [5, 5.41) is 0. The molecule has 104 valence electrons. The Balaban J connectivity index is 1.75. The second kappa shape index (κ2) is 5.45. The van der Waals surface area contributed by atoms with Crippen LogP contribution in [0.3, 0.4) is 0 Å². The van der Waals surface area contributed by atoms with Crippen molar-refractivity contribution >= 4 is 5.82 Å². The van der Waals surface area contributed by atoms with E-state index >= 15 is 0 Å². The number of nitrogens with zero attached hydrogens (tertiary/aromatic N) is 4. The standard InChI is InChI=1S/C15H24N4/c1-12-10-16-13(2)15(17-12)19-9-5-6-14(11-19)18-7-3-4-8-18/h10,14H,3-9,11H2,1-2H3/t14-/m0/s1. The van der Waals surface area contributed by atoms with E-state index in [2.05, 4.69) is 21.7 Å². The van der Waals surface area contributed by atoms with E-state index < -0.39 is 0 Å². The third-order valence-electron chi connectivity index (χ3n) is 4.40. The highest BCUT2D eigenvalue weighted by atomic mass is 15.3. The molecule has 4 nitrogen and oxygen atoms in total. The first-order valence-electron chi connectivity index (χ1n) is 7.53. The maximum Gasteiger partial charge on any atom is 0.150 e. The minimum Gasteiger partial charge on any atom is -0.354 e. The van der Waals surface area contributed by atoms with Crippen LogP contribution < -0.4 is 4.90 Å². The van der Waals surface area contributed by atoms with Gasteiger partial charge in [-0.25, -0.2) is 4.98 Å². The quantitative estimate of drug-likeness (QED) is 0.815. The zero-order valence-corrected chi connectivity index (χ0v) is 12.1. The monoisotopic (exact) mass is 260 g/mol. The Bertz CT molecular complexity index is 440. The molecule has 1 atom stereocenters. The van der Waals surface area contributed by atoms with Crippen molar-refractivity contribution in [2.75, 3.05) is 31.1 Å². The maximum atomic E-state index is 4.70. The van der Waals surface area contributed by atoms with Crippen molar-refractivity contribution in [3.63, 3.8) is 0 Å². The van der Waals surface area contributed by atoms with E-state index in [1.807, 2.05) is 13.1 Å². The molecule has 0 amide bonds. The first-order chi connectivity index (χ1) is 9.24. The van der Waals surface area contributed by atoms with Gasteiger partial charge in [-0.3, -0.25) is 9.88 Å². The summed E-state index contributed by atoms with van der Waals surface area (Å²) in [5.41, 5.74) is 2.08. The molecule has 2 aliphatic rings. The van der Waals surface area contributed by atoms with Crippen molar-refractivity contribution in [3.8, 4) is 0 Å². The highest BCUT2D eigenvalue weighted by Crippen LogP contribution is 2.25. The van der Waals surface area contributed by atoms with E-state index in [0.717, 1.165) is 36.3 Å². The highest BCUT2D eigenvalue weighted by Gasteiger charge is 2.28. The molecular formula is C15H24N4. The second-order valence-corrected chi connectivity index (χ2v) is 5.91. The fourth-order valence-corrected chi connectivity index (χ4v) is 3.38. The number of aryl methyl sites for hydroxylation is 2. The number of hydrogen-bond donors (Lipinski definition) is 0. The van der Waals surface area contributed by atoms with Gasteiger partial charge in [0.15, 0.2) is 0 Å². The number of piperidine rings is 1. The molecule has 0 N–H and O–H groups in total. The molecule has 1 aromatic heterocycles. The van der Waals surface area contributed by atoms with Gasteiger partial charge in [0, 0.05) is 25.3 Å². The van der Waals surface area contributed by atoms with Crippen LogP contribution in [0.15, 0.2) is 6.20 Å². The SMILES string of the molecule is Cc1cnc(C)c(N2CCC[C@H](N3CCCC3)C2)n1. The summed E-state index contributed by atoms with van der Waals surface area (Å²) in [4.78, 5) is 14.3. The lowest BCUT2D eigenvalue weighted by Crippen LogP contribution is -2.47. The second-order valence-electron chi connectivity index (χ2n) is 5.91. The van der Waals surface area contributed by atoms with Gasteiger partial charge in [0.2, 0.25) is 0 Å². The third-order valence-corrected chi connectivity index (χ3v) is 4.40. The zero-order valence-electron chi connectivity index (χ0n) is 12.1. The molecule has 0 saturated carbocycles. The largest absolute Gasteiger partial charge is 0.354 e. The van der Waals surface area contributed by atoms with Gasteiger partial charge in [-0.2, -0.15) is 0 Å². The predicted molar refractivity (Wildman–Crippen MR) is 77.5 cm³/mol. The first kappa shape index (κ1) is 12.9. The average molecular weight is 260 g/mol. The summed E-state index contributed by atoms with van der Waals surface area (Å²) in [7, 11) is 0. The van der Waals surface area contributed by atoms with E-state index in [1.165, 1.54) is 38.8 Å². The van der Waals surface area contributed by atoms with Gasteiger partial charge in [0.25, 0.3) is 0 Å². The summed E-state index contributed by atoms with van der Waals surface area (Å²) in [6.07, 6.45) is 7.23. The van der Waals surface area contributed by atoms with Gasteiger partial charge in [-0.05, 0) is 52.6 Å². The molecule has 4 heteroatoms. The predicted octanol–water partition coefficient (Wildman–Crippen LogP) is 2.16. The van der Waals surface area contributed by atoms with Crippen molar-refractivity contribution in [3.05, 3.63) is 17.6 Å². The molecule has 3 heterocycles. The summed E-state index contributed by atoms with van der Waals surface area (Å²) in [5.74, 6) is 1.10. The minimum absolute atomic E-state index is 0.720. The minimum atomic E-state index is 0.720. The van der Waals surface area contributed by atoms with Crippen LogP contribution in [0.1, 0.15) is 37.1 Å². The molecule has 0 spiro atoms. The van der Waals surface area contributed by atoms with Crippen molar-refractivity contribution in [1.29, 1.82) is 0 Å². The molecule has 2 saturated heterocycles. The third kappa shape index (κ3) is 2.73. The van der Waals surface area contributed by atoms with Gasteiger partial charge >= 0.3 is 0 Å². The molecule has 0 bridgehead atoms. The maximum absolute atomic E-state index is 4.70. The molecule has 0 radical (unpaired) electrons. The lowest BCUT2D eigenvalue weighted by molar-refractivity contribution is 0.215. The lowest BCUT2D eigenvalue weighted by atomic mass is 10.0. The normalized spacial score (nSPS) is 24.9. The van der Waals surface area contributed by atoms with Crippen LogP contribution in [-0.4, -0.2) is 47.1 Å². The zero-order chi connectivity index (χ0) is 13.2. The average Bonchev–Trinajstić information content (AvgIpc) is 2.96. The fraction of sp³-hybridized carbons (Fsp3) is 0.733. The molecule has 0 aliphatic carbocycles. The van der Waals surface area contributed by atoms with E-state index in [1.54, 1.807) is 0 Å². The van der Waals surface area contributed by atoms with Crippen molar-refractivity contribution < 1.29 is 0 Å². The van der Waals surface area contributed by atoms with Gasteiger partial charge in [-0.1, -0.05) is 0 Å². The van der Waals surface area contributed by atoms with Crippen molar-refractivity contribution in [2.45, 2.75) is 45.6 Å². The topological polar surface area (TPSA) is 32.3 Å². The Morgan fingerprint density at radius 1 is 1.11 bits per heavy atom. The number of likely N-dealkylation sites (tertiary alicyclic amines) is 1. The van der Waals surface area contributed by atoms with Crippen LogP contribution in [0, 0.1) is 13.8 Å². The summed E-state index contributed by atoms with van der Waals surface area (Å²) in [6.45, 7) is 8.93. The lowest BCUT2D eigenvalue weighted by Gasteiger charge is -2.38. The molecule has 1 aromatic rings. The van der Waals surface area contributed by atoms with Crippen molar-refractivity contribution in [1.82, 2.24) is 14.9 Å². The van der Waals surface area contributed by atoms with E-state index in [0.29, 0.717) is 0 Å². The smallest absolute Gasteiger partial charge is 0.150 e. The molecule has 2 aliphatic heterocycles. The number of anilines is 1. The van der Waals surface area contributed by atoms with E-state index in [9.17, 15) is 0 Å². The van der Waals surface area contributed by atoms with E-state index in [-0.39, 0.29) is 0 Å². The van der Waals surface area contributed by atoms with E-state index in [4.69, 9.17) is 4.98 Å². The first-order valence-corrected chi connectivity index (χ1v) is 7.53. The Morgan fingerprint density at radius 2 is 1.89 bits per heavy atom. The van der Waals surface area contributed by atoms with Crippen LogP contribution in [0.4, 0.5) is 5.82 Å². The molecule has 2 fully saturated rings. The van der Waals surface area contributed by atoms with Crippen LogP contribution in [0.25, 0.3) is 0 Å². The summed E-state index contributed by atoms with van der Waals surface area (Å²) >= 11 is 0.